The Balaban J connectivity index is 0.00000263. The van der Waals surface area contributed by atoms with Gasteiger partial charge in [-0.15, -0.1) is 0 Å². The van der Waals surface area contributed by atoms with Crippen molar-refractivity contribution in [1.82, 2.24) is 9.47 Å². The average molecular weight is 581 g/mol. The van der Waals surface area contributed by atoms with Gasteiger partial charge in [0, 0.05) is 41.9 Å². The Morgan fingerprint density at radius 2 is 1.55 bits per heavy atom. The number of allylic oxidation sites excluding steroid dienone is 1. The SMILES string of the molecule is C.CC.CCC/C=C/c1ccc(C(=O)c2cn(CC(=O)N(CCCC)CCCC)c3cc(OC)ccc23)cc1.O=CO. The summed E-state index contributed by atoms with van der Waals surface area (Å²) in [6.45, 7) is 11.9. The number of ether oxygens (including phenoxy) is 1. The first-order valence-electron chi connectivity index (χ1n) is 14.8. The Morgan fingerprint density at radius 1 is 0.952 bits per heavy atom. The third kappa shape index (κ3) is 11.6. The number of unbranched alkanes of at least 4 members (excludes halogenated alkanes) is 3. The fourth-order valence-electron chi connectivity index (χ4n) is 4.30. The zero-order valence-corrected chi connectivity index (χ0v) is 25.7. The summed E-state index contributed by atoms with van der Waals surface area (Å²) in [6, 6.07) is 13.4. The van der Waals surface area contributed by atoms with Crippen LogP contribution in [-0.4, -0.2) is 52.9 Å². The van der Waals surface area contributed by atoms with E-state index in [2.05, 4.69) is 32.9 Å². The number of nitrogens with zero attached hydrogens (tertiary/aromatic N) is 2. The summed E-state index contributed by atoms with van der Waals surface area (Å²) in [7, 11) is 1.62. The first-order valence-corrected chi connectivity index (χ1v) is 14.8. The molecule has 0 atom stereocenters. The number of methoxy groups -OCH3 is 1. The van der Waals surface area contributed by atoms with Crippen LogP contribution in [0.15, 0.2) is 54.7 Å². The monoisotopic (exact) mass is 580 g/mol. The molecule has 0 aliphatic rings. The van der Waals surface area contributed by atoms with Crippen molar-refractivity contribution in [3.05, 3.63) is 71.4 Å². The maximum absolute atomic E-state index is 13.5. The molecule has 1 N–H and O–H groups in total. The van der Waals surface area contributed by atoms with Gasteiger partial charge in [0.15, 0.2) is 5.78 Å². The molecule has 0 aliphatic carbocycles. The molecule has 0 bridgehead atoms. The lowest BCUT2D eigenvalue weighted by molar-refractivity contribution is -0.132. The molecule has 0 fully saturated rings. The highest BCUT2D eigenvalue weighted by molar-refractivity contribution is 6.16. The van der Waals surface area contributed by atoms with Gasteiger partial charge in [-0.05, 0) is 37.0 Å². The Labute approximate surface area is 253 Å². The lowest BCUT2D eigenvalue weighted by Crippen LogP contribution is -2.35. The third-order valence-corrected chi connectivity index (χ3v) is 6.49. The van der Waals surface area contributed by atoms with Gasteiger partial charge in [-0.1, -0.05) is 97.7 Å². The van der Waals surface area contributed by atoms with Crippen LogP contribution in [0.4, 0.5) is 0 Å². The lowest BCUT2D eigenvalue weighted by atomic mass is 10.0. The summed E-state index contributed by atoms with van der Waals surface area (Å²) in [6.07, 6.45) is 12.3. The van der Waals surface area contributed by atoms with Crippen LogP contribution >= 0.6 is 0 Å². The van der Waals surface area contributed by atoms with Crippen LogP contribution in [0.25, 0.3) is 17.0 Å². The zero-order chi connectivity index (χ0) is 30.6. The van der Waals surface area contributed by atoms with E-state index in [1.54, 1.807) is 7.11 Å². The first kappa shape index (κ1) is 38.1. The molecule has 7 nitrogen and oxygen atoms in total. The summed E-state index contributed by atoms with van der Waals surface area (Å²) in [5, 5.41) is 7.72. The van der Waals surface area contributed by atoms with Gasteiger partial charge in [-0.2, -0.15) is 0 Å². The Hall–Kier alpha value is -3.87. The molecule has 0 aliphatic heterocycles. The van der Waals surface area contributed by atoms with Crippen molar-refractivity contribution in [3.63, 3.8) is 0 Å². The van der Waals surface area contributed by atoms with E-state index in [0.717, 1.165) is 68.1 Å². The second-order valence-corrected chi connectivity index (χ2v) is 9.39. The minimum atomic E-state index is -0.250. The normalized spacial score (nSPS) is 10.1. The second kappa shape index (κ2) is 21.8. The van der Waals surface area contributed by atoms with Crippen LogP contribution in [0, 0.1) is 0 Å². The van der Waals surface area contributed by atoms with E-state index in [4.69, 9.17) is 14.6 Å². The molecule has 0 radical (unpaired) electrons. The fourth-order valence-corrected chi connectivity index (χ4v) is 4.30. The maximum atomic E-state index is 13.5. The smallest absolute Gasteiger partial charge is 0.290 e. The van der Waals surface area contributed by atoms with Gasteiger partial charge >= 0.3 is 0 Å². The van der Waals surface area contributed by atoms with Gasteiger partial charge in [-0.3, -0.25) is 14.4 Å². The quantitative estimate of drug-likeness (QED) is 0.153. The number of ketones is 1. The second-order valence-electron chi connectivity index (χ2n) is 9.39. The van der Waals surface area contributed by atoms with Crippen LogP contribution in [0.3, 0.4) is 0 Å². The standard InChI is InChI=1S/C31H40N2O3.C2H6.CH2O2.CH4/c1-5-8-11-12-24-13-15-25(16-14-24)31(35)28-22-33(29-21-26(36-4)17-18-27(28)29)23-30(34)32(19-9-6-2)20-10-7-3;1-2;2-1-3;/h11-18,21-22H,5-10,19-20,23H2,1-4H3;1-2H3;1H,(H,2,3);1H4/b12-11+;;;. The van der Waals surface area contributed by atoms with Crippen LogP contribution in [0.5, 0.6) is 5.75 Å². The van der Waals surface area contributed by atoms with Crippen molar-refractivity contribution in [2.24, 2.45) is 0 Å². The highest BCUT2D eigenvalue weighted by Gasteiger charge is 2.20. The molecule has 1 aromatic heterocycles. The van der Waals surface area contributed by atoms with Gasteiger partial charge in [0.05, 0.1) is 12.6 Å². The van der Waals surface area contributed by atoms with Crippen molar-refractivity contribution in [3.8, 4) is 5.75 Å². The molecule has 1 heterocycles. The molecule has 3 aromatic rings. The van der Waals surface area contributed by atoms with Crippen LogP contribution < -0.4 is 4.74 Å². The van der Waals surface area contributed by atoms with Crippen LogP contribution in [-0.2, 0) is 16.1 Å². The van der Waals surface area contributed by atoms with Crippen molar-refractivity contribution in [2.75, 3.05) is 20.2 Å². The van der Waals surface area contributed by atoms with Crippen molar-refractivity contribution in [2.45, 2.75) is 87.1 Å². The highest BCUT2D eigenvalue weighted by Crippen LogP contribution is 2.28. The van der Waals surface area contributed by atoms with Crippen LogP contribution in [0.2, 0.25) is 0 Å². The molecule has 0 spiro atoms. The Kier molecular flexibility index (Phi) is 19.8. The summed E-state index contributed by atoms with van der Waals surface area (Å²) in [4.78, 5) is 37.2. The minimum absolute atomic E-state index is 0. The van der Waals surface area contributed by atoms with Gasteiger partial charge < -0.3 is 19.3 Å². The highest BCUT2D eigenvalue weighted by atomic mass is 16.5. The van der Waals surface area contributed by atoms with E-state index in [-0.39, 0.29) is 32.1 Å². The number of hydrogen-bond acceptors (Lipinski definition) is 4. The Morgan fingerprint density at radius 3 is 2.07 bits per heavy atom. The molecule has 2 aromatic carbocycles. The number of amides is 1. The molecular formula is C35H52N2O5. The average Bonchev–Trinajstić information content (AvgIpc) is 3.36. The molecule has 0 saturated heterocycles. The summed E-state index contributed by atoms with van der Waals surface area (Å²) >= 11 is 0. The third-order valence-electron chi connectivity index (χ3n) is 6.49. The fraction of sp³-hybridized carbons (Fsp3) is 0.457. The van der Waals surface area contributed by atoms with Crippen molar-refractivity contribution >= 4 is 35.1 Å². The molecule has 42 heavy (non-hydrogen) atoms. The molecule has 232 valence electrons. The predicted octanol–water partition coefficient (Wildman–Crippen LogP) is 8.49. The van der Waals surface area contributed by atoms with Crippen molar-refractivity contribution < 1.29 is 24.2 Å². The van der Waals surface area contributed by atoms with Crippen molar-refractivity contribution in [1.29, 1.82) is 0 Å². The Bertz CT molecular complexity index is 1220. The summed E-state index contributed by atoms with van der Waals surface area (Å²) < 4.78 is 7.35. The molecule has 3 rings (SSSR count). The van der Waals surface area contributed by atoms with E-state index in [9.17, 15) is 9.59 Å². The van der Waals surface area contributed by atoms with Crippen LogP contribution in [0.1, 0.15) is 102 Å². The van der Waals surface area contributed by atoms with E-state index in [0.29, 0.717) is 16.9 Å². The van der Waals surface area contributed by atoms with E-state index in [1.165, 1.54) is 0 Å². The van der Waals surface area contributed by atoms with E-state index >= 15 is 0 Å². The van der Waals surface area contributed by atoms with Gasteiger partial charge in [-0.25, -0.2) is 0 Å². The summed E-state index contributed by atoms with van der Waals surface area (Å²) in [5.74, 6) is 0.735. The maximum Gasteiger partial charge on any atom is 0.290 e. The minimum Gasteiger partial charge on any atom is -0.497 e. The largest absolute Gasteiger partial charge is 0.497 e. The number of rotatable bonds is 14. The number of carbonyl (C=O) groups is 3. The predicted molar refractivity (Wildman–Crippen MR) is 175 cm³/mol. The topological polar surface area (TPSA) is 88.8 Å². The molecule has 0 saturated carbocycles. The number of aromatic nitrogens is 1. The van der Waals surface area contributed by atoms with Gasteiger partial charge in [0.25, 0.3) is 6.47 Å². The zero-order valence-electron chi connectivity index (χ0n) is 25.7. The number of fused-ring (bicyclic) bond motifs is 1. The molecule has 7 heteroatoms. The molecular weight excluding hydrogens is 528 g/mol. The number of benzene rings is 2. The first-order chi connectivity index (χ1) is 19.9. The number of hydrogen-bond donors (Lipinski definition) is 1. The number of carboxylic acid groups (broad SMARTS) is 1. The van der Waals surface area contributed by atoms with E-state index < -0.39 is 0 Å². The lowest BCUT2D eigenvalue weighted by Gasteiger charge is -2.23. The summed E-state index contributed by atoms with van der Waals surface area (Å²) in [5.41, 5.74) is 3.15. The van der Waals surface area contributed by atoms with Gasteiger partial charge in [0.2, 0.25) is 5.91 Å². The molecule has 1 amide bonds. The number of carbonyl (C=O) groups excluding carboxylic acids is 2. The van der Waals surface area contributed by atoms with E-state index in [1.807, 2.05) is 72.0 Å². The molecule has 0 unspecified atom stereocenters. The van der Waals surface area contributed by atoms with Gasteiger partial charge in [0.1, 0.15) is 12.3 Å².